The van der Waals surface area contributed by atoms with E-state index in [-0.39, 0.29) is 53.8 Å². The Morgan fingerprint density at radius 3 is 2.43 bits per heavy atom. The second-order valence-corrected chi connectivity index (χ2v) is 10.7. The number of halogens is 3. The Labute approximate surface area is 252 Å². The van der Waals surface area contributed by atoms with Crippen molar-refractivity contribution in [2.24, 2.45) is 0 Å². The fourth-order valence-electron chi connectivity index (χ4n) is 5.49. The van der Waals surface area contributed by atoms with Crippen molar-refractivity contribution in [2.45, 2.75) is 31.8 Å². The average Bonchev–Trinajstić information content (AvgIpc) is 3.29. The Morgan fingerprint density at radius 2 is 1.70 bits per heavy atom. The van der Waals surface area contributed by atoms with Crippen molar-refractivity contribution in [1.82, 2.24) is 9.47 Å². The molecular weight excluding hydrogens is 575 g/mol. The Balaban J connectivity index is 1.47. The smallest absolute Gasteiger partial charge is 0.417 e. The second-order valence-electron chi connectivity index (χ2n) is 10.7. The summed E-state index contributed by atoms with van der Waals surface area (Å²) in [5.41, 5.74) is 2.64. The second kappa shape index (κ2) is 12.6. The number of nitrogens with zero attached hydrogens (tertiary/aromatic N) is 3. The number of rotatable bonds is 8. The molecule has 2 amide bonds. The number of carbonyl (C=O) groups is 2. The standard InChI is InChI=1S/C33H32F3N3O5/c1-37(19-25(41)20-40)31(42)16-23-12-13-24-18-39(29-10-6-3-7-22(29)17-38(23)24)32(43)21-11-14-27(30(15-21)44-2)26-8-4-5-9-28(26)33(34,35)36/h3-15,25,40-41H,16-20H2,1-2H3. The third kappa shape index (κ3) is 6.20. The number of likely N-dealkylation sites (N-methyl/N-ethyl adjacent to an activating group) is 1. The molecular formula is C33H32F3N3O5. The van der Waals surface area contributed by atoms with Gasteiger partial charge in [-0.3, -0.25) is 9.59 Å². The molecule has 1 atom stereocenters. The van der Waals surface area contributed by atoms with Gasteiger partial charge in [0.15, 0.2) is 0 Å². The molecule has 0 saturated carbocycles. The molecule has 5 rings (SSSR count). The van der Waals surface area contributed by atoms with Crippen molar-refractivity contribution in [3.05, 3.63) is 107 Å². The number of hydrogen-bond donors (Lipinski definition) is 2. The van der Waals surface area contributed by atoms with Gasteiger partial charge in [-0.1, -0.05) is 36.4 Å². The largest absolute Gasteiger partial charge is 0.496 e. The number of amides is 2. The monoisotopic (exact) mass is 607 g/mol. The highest BCUT2D eigenvalue weighted by Crippen LogP contribution is 2.41. The Kier molecular flexibility index (Phi) is 8.80. The minimum absolute atomic E-state index is 0.00193. The van der Waals surface area contributed by atoms with E-state index in [2.05, 4.69) is 0 Å². The van der Waals surface area contributed by atoms with Gasteiger partial charge in [0, 0.05) is 48.3 Å². The van der Waals surface area contributed by atoms with Gasteiger partial charge in [-0.05, 0) is 53.6 Å². The topological polar surface area (TPSA) is 95.2 Å². The van der Waals surface area contributed by atoms with Gasteiger partial charge in [-0.2, -0.15) is 13.2 Å². The molecule has 0 saturated heterocycles. The minimum Gasteiger partial charge on any atom is -0.496 e. The molecule has 0 bridgehead atoms. The van der Waals surface area contributed by atoms with Crippen LogP contribution in [0.25, 0.3) is 11.1 Å². The number of fused-ring (bicyclic) bond motifs is 2. The van der Waals surface area contributed by atoms with Crippen LogP contribution in [0.15, 0.2) is 78.9 Å². The zero-order valence-corrected chi connectivity index (χ0v) is 24.2. The first-order valence-electron chi connectivity index (χ1n) is 14.0. The lowest BCUT2D eigenvalue weighted by Crippen LogP contribution is -2.37. The van der Waals surface area contributed by atoms with E-state index < -0.39 is 24.5 Å². The highest BCUT2D eigenvalue weighted by Gasteiger charge is 2.34. The third-order valence-corrected chi connectivity index (χ3v) is 7.76. The highest BCUT2D eigenvalue weighted by molar-refractivity contribution is 6.07. The molecule has 1 aliphatic heterocycles. The zero-order valence-electron chi connectivity index (χ0n) is 24.2. The highest BCUT2D eigenvalue weighted by atomic mass is 19.4. The quantitative estimate of drug-likeness (QED) is 0.302. The minimum atomic E-state index is -4.57. The Morgan fingerprint density at radius 1 is 0.977 bits per heavy atom. The zero-order chi connectivity index (χ0) is 31.6. The van der Waals surface area contributed by atoms with Gasteiger partial charge in [0.1, 0.15) is 5.75 Å². The van der Waals surface area contributed by atoms with Crippen LogP contribution in [0, 0.1) is 0 Å². The summed E-state index contributed by atoms with van der Waals surface area (Å²) < 4.78 is 48.7. The fraction of sp³-hybridized carbons (Fsp3) is 0.273. The summed E-state index contributed by atoms with van der Waals surface area (Å²) in [7, 11) is 2.91. The summed E-state index contributed by atoms with van der Waals surface area (Å²) in [6.45, 7) is 0.140. The van der Waals surface area contributed by atoms with Gasteiger partial charge in [0.25, 0.3) is 5.91 Å². The van der Waals surface area contributed by atoms with Crippen molar-refractivity contribution in [3.63, 3.8) is 0 Å². The van der Waals surface area contributed by atoms with E-state index >= 15 is 0 Å². The van der Waals surface area contributed by atoms with Crippen LogP contribution in [0.2, 0.25) is 0 Å². The number of carbonyl (C=O) groups excluding carboxylic acids is 2. The first-order valence-corrected chi connectivity index (χ1v) is 14.0. The van der Waals surface area contributed by atoms with Crippen molar-refractivity contribution in [3.8, 4) is 16.9 Å². The summed E-state index contributed by atoms with van der Waals surface area (Å²) in [6, 6.07) is 20.8. The van der Waals surface area contributed by atoms with Crippen LogP contribution in [0.1, 0.15) is 32.9 Å². The fourth-order valence-corrected chi connectivity index (χ4v) is 5.49. The number of aliphatic hydroxyl groups is 2. The molecule has 0 radical (unpaired) electrons. The summed E-state index contributed by atoms with van der Waals surface area (Å²) in [5, 5.41) is 18.8. The lowest BCUT2D eigenvalue weighted by molar-refractivity contribution is -0.137. The first kappa shape index (κ1) is 30.8. The van der Waals surface area contributed by atoms with Crippen LogP contribution < -0.4 is 9.64 Å². The number of ether oxygens (including phenoxy) is 1. The lowest BCUT2D eigenvalue weighted by Gasteiger charge is -2.23. The molecule has 2 heterocycles. The molecule has 44 heavy (non-hydrogen) atoms. The van der Waals surface area contributed by atoms with Crippen LogP contribution in [-0.4, -0.2) is 64.9 Å². The predicted octanol–water partition coefficient (Wildman–Crippen LogP) is 4.75. The van der Waals surface area contributed by atoms with E-state index in [0.717, 1.165) is 23.0 Å². The van der Waals surface area contributed by atoms with E-state index in [4.69, 9.17) is 9.84 Å². The van der Waals surface area contributed by atoms with E-state index in [1.165, 1.54) is 48.4 Å². The molecule has 1 unspecified atom stereocenters. The van der Waals surface area contributed by atoms with E-state index in [9.17, 15) is 27.9 Å². The van der Waals surface area contributed by atoms with E-state index in [1.54, 1.807) is 11.9 Å². The van der Waals surface area contributed by atoms with Gasteiger partial charge < -0.3 is 29.3 Å². The number of alkyl halides is 3. The van der Waals surface area contributed by atoms with Gasteiger partial charge in [0.2, 0.25) is 5.91 Å². The summed E-state index contributed by atoms with van der Waals surface area (Å²) >= 11 is 0. The van der Waals surface area contributed by atoms with Crippen LogP contribution >= 0.6 is 0 Å². The van der Waals surface area contributed by atoms with Gasteiger partial charge in [-0.15, -0.1) is 0 Å². The molecule has 1 aromatic heterocycles. The van der Waals surface area contributed by atoms with Gasteiger partial charge in [-0.25, -0.2) is 0 Å². The summed E-state index contributed by atoms with van der Waals surface area (Å²) in [5.74, 6) is -0.463. The maximum absolute atomic E-state index is 14.0. The lowest BCUT2D eigenvalue weighted by atomic mass is 9.97. The molecule has 0 fully saturated rings. The maximum Gasteiger partial charge on any atom is 0.417 e. The number of aromatic nitrogens is 1. The van der Waals surface area contributed by atoms with E-state index in [1.807, 2.05) is 41.0 Å². The number of benzene rings is 3. The number of hydrogen-bond acceptors (Lipinski definition) is 5. The van der Waals surface area contributed by atoms with Gasteiger partial charge in [0.05, 0.1) is 38.3 Å². The van der Waals surface area contributed by atoms with Crippen molar-refractivity contribution < 1.29 is 37.7 Å². The molecule has 4 aromatic rings. The van der Waals surface area contributed by atoms with Crippen LogP contribution in [0.5, 0.6) is 5.75 Å². The van der Waals surface area contributed by atoms with Crippen molar-refractivity contribution >= 4 is 17.5 Å². The van der Waals surface area contributed by atoms with Crippen molar-refractivity contribution in [1.29, 1.82) is 0 Å². The molecule has 11 heteroatoms. The maximum atomic E-state index is 14.0. The number of para-hydroxylation sites is 1. The predicted molar refractivity (Wildman–Crippen MR) is 158 cm³/mol. The van der Waals surface area contributed by atoms with Crippen molar-refractivity contribution in [2.75, 3.05) is 32.2 Å². The molecule has 0 spiro atoms. The molecule has 8 nitrogen and oxygen atoms in total. The molecule has 2 N–H and O–H groups in total. The SMILES string of the molecule is COc1cc(C(=O)N2Cc3ccc(CC(=O)N(C)CC(O)CO)n3Cc3ccccc32)ccc1-c1ccccc1C(F)(F)F. The number of aliphatic hydroxyl groups excluding tert-OH is 2. The molecule has 1 aliphatic rings. The number of anilines is 1. The Hall–Kier alpha value is -4.61. The van der Waals surface area contributed by atoms with Crippen LogP contribution in [0.4, 0.5) is 18.9 Å². The number of methoxy groups -OCH3 is 1. The average molecular weight is 608 g/mol. The summed E-state index contributed by atoms with van der Waals surface area (Å²) in [4.78, 5) is 29.9. The molecule has 3 aromatic carbocycles. The normalized spacial score (nSPS) is 13.5. The summed E-state index contributed by atoms with van der Waals surface area (Å²) in [6.07, 6.45) is -5.55. The van der Waals surface area contributed by atoms with E-state index in [0.29, 0.717) is 12.2 Å². The third-order valence-electron chi connectivity index (χ3n) is 7.76. The van der Waals surface area contributed by atoms with Gasteiger partial charge >= 0.3 is 6.18 Å². The molecule has 0 aliphatic carbocycles. The Bertz CT molecular complexity index is 1680. The van der Waals surface area contributed by atoms with Crippen LogP contribution in [0.3, 0.4) is 0 Å². The first-order chi connectivity index (χ1) is 21.0. The molecule has 230 valence electrons. The van der Waals surface area contributed by atoms with Crippen LogP contribution in [-0.2, 0) is 30.5 Å².